The van der Waals surface area contributed by atoms with Crippen LogP contribution >= 0.6 is 0 Å². The number of carbonyl (C=O) groups excluding carboxylic acids is 1. The fourth-order valence-corrected chi connectivity index (χ4v) is 3.97. The number of furan rings is 1. The number of hydrogen-bond donors (Lipinski definition) is 0. The Labute approximate surface area is 154 Å². The number of nitrogens with zero attached hydrogens (tertiary/aromatic N) is 1. The van der Waals surface area contributed by atoms with Crippen molar-refractivity contribution < 1.29 is 13.9 Å². The third-order valence-electron chi connectivity index (χ3n) is 5.47. The van der Waals surface area contributed by atoms with Crippen LogP contribution in [0.3, 0.4) is 0 Å². The van der Waals surface area contributed by atoms with Crippen LogP contribution in [0.5, 0.6) is 0 Å². The van der Waals surface area contributed by atoms with E-state index in [1.54, 1.807) is 0 Å². The summed E-state index contributed by atoms with van der Waals surface area (Å²) in [4.78, 5) is 15.3. The summed E-state index contributed by atoms with van der Waals surface area (Å²) in [6, 6.07) is 7.79. The van der Waals surface area contributed by atoms with Gasteiger partial charge in [0.1, 0.15) is 11.3 Å². The van der Waals surface area contributed by atoms with E-state index in [2.05, 4.69) is 18.7 Å². The summed E-state index contributed by atoms with van der Waals surface area (Å²) in [6.45, 7) is 5.85. The minimum atomic E-state index is -0.328. The Kier molecular flexibility index (Phi) is 4.13. The summed E-state index contributed by atoms with van der Waals surface area (Å²) in [5.74, 6) is 0.854. The molecule has 0 saturated heterocycles. The van der Waals surface area contributed by atoms with Gasteiger partial charge in [0.05, 0.1) is 18.3 Å². The monoisotopic (exact) mass is 351 g/mol. The predicted octanol–water partition coefficient (Wildman–Crippen LogP) is 4.11. The molecule has 0 radical (unpaired) electrons. The first kappa shape index (κ1) is 17.3. The van der Waals surface area contributed by atoms with Gasteiger partial charge in [-0.1, -0.05) is 30.4 Å². The minimum Gasteiger partial charge on any atom is -0.459 e. The maximum Gasteiger partial charge on any atom is 0.197 e. The van der Waals surface area contributed by atoms with Crippen LogP contribution in [0.15, 0.2) is 52.0 Å². The van der Waals surface area contributed by atoms with Crippen LogP contribution in [0.25, 0.3) is 11.0 Å². The van der Waals surface area contributed by atoms with Crippen LogP contribution in [0.2, 0.25) is 0 Å². The van der Waals surface area contributed by atoms with Crippen molar-refractivity contribution in [3.05, 3.63) is 58.9 Å². The first-order valence-corrected chi connectivity index (χ1v) is 9.14. The summed E-state index contributed by atoms with van der Waals surface area (Å²) >= 11 is 0. The Bertz CT molecular complexity index is 930. The number of benzene rings is 1. The van der Waals surface area contributed by atoms with E-state index in [0.29, 0.717) is 6.61 Å². The van der Waals surface area contributed by atoms with E-state index in [4.69, 9.17) is 9.15 Å². The summed E-state index contributed by atoms with van der Waals surface area (Å²) in [7, 11) is 4.07. The van der Waals surface area contributed by atoms with E-state index in [1.807, 2.05) is 50.5 Å². The molecule has 0 N–H and O–H groups in total. The second-order valence-corrected chi connectivity index (χ2v) is 7.92. The van der Waals surface area contributed by atoms with Gasteiger partial charge in [0, 0.05) is 29.3 Å². The van der Waals surface area contributed by atoms with Crippen LogP contribution in [0.1, 0.15) is 36.4 Å². The highest BCUT2D eigenvalue weighted by Crippen LogP contribution is 2.48. The molecule has 4 heteroatoms. The molecule has 0 amide bonds. The number of ketones is 1. The summed E-state index contributed by atoms with van der Waals surface area (Å²) in [6.07, 6.45) is 4.71. The largest absolute Gasteiger partial charge is 0.459 e. The van der Waals surface area contributed by atoms with Crippen LogP contribution in [0.4, 0.5) is 0 Å². The lowest BCUT2D eigenvalue weighted by Gasteiger charge is -2.36. The Morgan fingerprint density at radius 3 is 2.81 bits per heavy atom. The van der Waals surface area contributed by atoms with Gasteiger partial charge in [0.25, 0.3) is 0 Å². The average Bonchev–Trinajstić information content (AvgIpc) is 3.00. The molecule has 2 aliphatic rings. The number of likely N-dealkylation sites (N-methyl/N-ethyl adjacent to an activating group) is 1. The van der Waals surface area contributed by atoms with Gasteiger partial charge in [-0.3, -0.25) is 4.79 Å². The molecule has 4 rings (SSSR count). The molecule has 0 spiro atoms. The predicted molar refractivity (Wildman–Crippen MR) is 103 cm³/mol. The Hall–Kier alpha value is -2.17. The Morgan fingerprint density at radius 2 is 2.04 bits per heavy atom. The molecule has 136 valence electrons. The van der Waals surface area contributed by atoms with Crippen molar-refractivity contribution in [3.63, 3.8) is 0 Å². The van der Waals surface area contributed by atoms with Gasteiger partial charge in [-0.15, -0.1) is 0 Å². The highest BCUT2D eigenvalue weighted by molar-refractivity contribution is 6.20. The molecule has 2 aromatic rings. The summed E-state index contributed by atoms with van der Waals surface area (Å²) < 4.78 is 12.2. The number of para-hydroxylation sites is 1. The number of Topliss-reactive ketones (excluding diaryl/α,β-unsaturated/α-hetero) is 1. The third kappa shape index (κ3) is 2.65. The highest BCUT2D eigenvalue weighted by atomic mass is 16.5. The normalized spacial score (nSPS) is 21.4. The molecule has 0 bridgehead atoms. The van der Waals surface area contributed by atoms with E-state index >= 15 is 0 Å². The molecule has 0 saturated carbocycles. The molecular formula is C22H25NO3. The van der Waals surface area contributed by atoms with Gasteiger partial charge in [0.15, 0.2) is 5.78 Å². The maximum atomic E-state index is 13.2. The van der Waals surface area contributed by atoms with Crippen molar-refractivity contribution in [2.24, 2.45) is 0 Å². The van der Waals surface area contributed by atoms with Gasteiger partial charge in [-0.25, -0.2) is 0 Å². The zero-order valence-electron chi connectivity index (χ0n) is 15.8. The van der Waals surface area contributed by atoms with Gasteiger partial charge >= 0.3 is 0 Å². The molecule has 1 heterocycles. The lowest BCUT2D eigenvalue weighted by molar-refractivity contribution is 0.0700. The van der Waals surface area contributed by atoms with Crippen molar-refractivity contribution in [3.8, 4) is 0 Å². The molecule has 1 unspecified atom stereocenters. The lowest BCUT2D eigenvalue weighted by atomic mass is 9.68. The van der Waals surface area contributed by atoms with E-state index in [1.165, 1.54) is 0 Å². The van der Waals surface area contributed by atoms with E-state index in [0.717, 1.165) is 46.4 Å². The van der Waals surface area contributed by atoms with Crippen LogP contribution < -0.4 is 0 Å². The van der Waals surface area contributed by atoms with E-state index in [9.17, 15) is 4.79 Å². The zero-order valence-corrected chi connectivity index (χ0v) is 15.8. The topological polar surface area (TPSA) is 42.7 Å². The SMILES string of the molecule is CN(C)CCOC1C=CC2=C(C1)C(C)(C)c1oc3ccccc3c1C2=O. The molecule has 1 aromatic carbocycles. The number of ether oxygens (including phenoxy) is 1. The van der Waals surface area contributed by atoms with Crippen LogP contribution in [-0.2, 0) is 10.2 Å². The molecule has 1 aromatic heterocycles. The first-order valence-electron chi connectivity index (χ1n) is 9.14. The third-order valence-corrected chi connectivity index (χ3v) is 5.47. The number of rotatable bonds is 4. The quantitative estimate of drug-likeness (QED) is 0.831. The molecule has 0 aliphatic heterocycles. The fourth-order valence-electron chi connectivity index (χ4n) is 3.97. The lowest BCUT2D eigenvalue weighted by Crippen LogP contribution is -2.34. The second kappa shape index (κ2) is 6.22. The Balaban J connectivity index is 1.69. The van der Waals surface area contributed by atoms with Crippen molar-refractivity contribution in [1.29, 1.82) is 0 Å². The van der Waals surface area contributed by atoms with Gasteiger partial charge < -0.3 is 14.1 Å². The van der Waals surface area contributed by atoms with Crippen molar-refractivity contribution in [2.45, 2.75) is 31.8 Å². The van der Waals surface area contributed by atoms with Gasteiger partial charge in [0.2, 0.25) is 0 Å². The zero-order chi connectivity index (χ0) is 18.5. The van der Waals surface area contributed by atoms with Crippen molar-refractivity contribution >= 4 is 16.8 Å². The smallest absolute Gasteiger partial charge is 0.197 e. The number of hydrogen-bond acceptors (Lipinski definition) is 4. The number of allylic oxidation sites excluding steroid dienone is 2. The van der Waals surface area contributed by atoms with Crippen LogP contribution in [-0.4, -0.2) is 44.0 Å². The molecular weight excluding hydrogens is 326 g/mol. The minimum absolute atomic E-state index is 0.00621. The second-order valence-electron chi connectivity index (χ2n) is 7.92. The van der Waals surface area contributed by atoms with Crippen LogP contribution in [0, 0.1) is 0 Å². The standard InChI is InChI=1S/C22H25NO3/c1-22(2)17-13-14(25-12-11-23(3)4)9-10-15(17)20(24)19-16-7-5-6-8-18(16)26-21(19)22/h5-10,14H,11-13H2,1-4H3. The fraction of sp³-hybridized carbons (Fsp3) is 0.409. The average molecular weight is 351 g/mol. The van der Waals surface area contributed by atoms with Crippen molar-refractivity contribution in [1.82, 2.24) is 4.90 Å². The molecule has 2 aliphatic carbocycles. The number of carbonyl (C=O) groups is 1. The summed E-state index contributed by atoms with van der Waals surface area (Å²) in [5, 5.41) is 0.907. The number of fused-ring (bicyclic) bond motifs is 3. The molecule has 26 heavy (non-hydrogen) atoms. The van der Waals surface area contributed by atoms with Crippen molar-refractivity contribution in [2.75, 3.05) is 27.2 Å². The summed E-state index contributed by atoms with van der Waals surface area (Å²) in [5.41, 5.74) is 3.10. The van der Waals surface area contributed by atoms with Gasteiger partial charge in [-0.05, 0) is 39.6 Å². The molecule has 4 nitrogen and oxygen atoms in total. The Morgan fingerprint density at radius 1 is 1.27 bits per heavy atom. The van der Waals surface area contributed by atoms with Gasteiger partial charge in [-0.2, -0.15) is 0 Å². The van der Waals surface area contributed by atoms with E-state index < -0.39 is 0 Å². The molecule has 0 fully saturated rings. The maximum absolute atomic E-state index is 13.2. The first-order chi connectivity index (χ1) is 12.4. The molecule has 1 atom stereocenters. The van der Waals surface area contributed by atoms with E-state index in [-0.39, 0.29) is 17.3 Å². The highest BCUT2D eigenvalue weighted by Gasteiger charge is 2.43.